The van der Waals surface area contributed by atoms with Gasteiger partial charge >= 0.3 is 5.97 Å². The first-order chi connectivity index (χ1) is 9.03. The minimum atomic E-state index is -1.09. The van der Waals surface area contributed by atoms with Crippen LogP contribution in [-0.2, 0) is 11.8 Å². The molecule has 3 rings (SSSR count). The maximum Gasteiger partial charge on any atom is 0.329 e. The maximum absolute atomic E-state index is 12.2. The van der Waals surface area contributed by atoms with E-state index in [-0.39, 0.29) is 5.69 Å². The second-order valence-electron chi connectivity index (χ2n) is 4.83. The predicted octanol–water partition coefficient (Wildman–Crippen LogP) is 0.920. The van der Waals surface area contributed by atoms with Crippen LogP contribution in [0.5, 0.6) is 0 Å². The van der Waals surface area contributed by atoms with Crippen molar-refractivity contribution in [3.8, 4) is 0 Å². The van der Waals surface area contributed by atoms with E-state index in [4.69, 9.17) is 5.11 Å². The zero-order valence-electron chi connectivity index (χ0n) is 10.4. The molecule has 1 amide bonds. The minimum absolute atomic E-state index is 0.269. The highest BCUT2D eigenvalue weighted by atomic mass is 16.4. The first kappa shape index (κ1) is 11.7. The Morgan fingerprint density at radius 2 is 2.05 bits per heavy atom. The third-order valence-electron chi connectivity index (χ3n) is 3.49. The summed E-state index contributed by atoms with van der Waals surface area (Å²) in [7, 11) is 1.75. The summed E-state index contributed by atoms with van der Waals surface area (Å²) in [5.74, 6) is -1.42. The number of aromatic nitrogens is 2. The molecule has 0 atom stereocenters. The number of carbonyl (C=O) groups excluding carboxylic acids is 1. The molecule has 6 heteroatoms. The third kappa shape index (κ3) is 1.76. The lowest BCUT2D eigenvalue weighted by Crippen LogP contribution is -2.43. The molecule has 1 aliphatic rings. The average molecular weight is 259 g/mol. The van der Waals surface area contributed by atoms with Crippen LogP contribution in [-0.4, -0.2) is 32.3 Å². The van der Waals surface area contributed by atoms with Gasteiger partial charge in [-0.1, -0.05) is 18.2 Å². The van der Waals surface area contributed by atoms with Gasteiger partial charge in [-0.3, -0.25) is 9.48 Å². The molecule has 1 heterocycles. The summed E-state index contributed by atoms with van der Waals surface area (Å²) < 4.78 is 1.62. The normalized spacial score (nSPS) is 16.3. The van der Waals surface area contributed by atoms with E-state index in [0.29, 0.717) is 12.8 Å². The van der Waals surface area contributed by atoms with E-state index < -0.39 is 17.4 Å². The lowest BCUT2D eigenvalue weighted by molar-refractivity contribution is -0.140. The van der Waals surface area contributed by atoms with Gasteiger partial charge in [-0.15, -0.1) is 0 Å². The molecule has 6 nitrogen and oxygen atoms in total. The number of aliphatic carboxylic acids is 1. The number of benzene rings is 1. The Bertz CT molecular complexity index is 685. The summed E-state index contributed by atoms with van der Waals surface area (Å²) in [6.07, 6.45) is 0.942. The monoisotopic (exact) mass is 259 g/mol. The van der Waals surface area contributed by atoms with Crippen LogP contribution >= 0.6 is 0 Å². The van der Waals surface area contributed by atoms with Crippen molar-refractivity contribution >= 4 is 22.8 Å². The van der Waals surface area contributed by atoms with Crippen LogP contribution in [0.3, 0.4) is 0 Å². The van der Waals surface area contributed by atoms with Gasteiger partial charge in [0.05, 0.1) is 5.52 Å². The number of nitrogens with one attached hydrogen (secondary N) is 1. The highest BCUT2D eigenvalue weighted by Gasteiger charge is 2.52. The standard InChI is InChI=1S/C13H13N3O3/c1-16-9-5-3-2-4-8(9)10(15-16)11(17)14-13(6-7-13)12(18)19/h2-5H,6-7H2,1H3,(H,14,17)(H,18,19). The van der Waals surface area contributed by atoms with E-state index in [2.05, 4.69) is 10.4 Å². The van der Waals surface area contributed by atoms with Gasteiger partial charge in [0.2, 0.25) is 0 Å². The van der Waals surface area contributed by atoms with Gasteiger partial charge in [0.15, 0.2) is 5.69 Å². The van der Waals surface area contributed by atoms with Gasteiger partial charge in [0, 0.05) is 12.4 Å². The van der Waals surface area contributed by atoms with Crippen molar-refractivity contribution in [2.24, 2.45) is 7.05 Å². The molecule has 0 radical (unpaired) electrons. The number of hydrogen-bond acceptors (Lipinski definition) is 3. The zero-order chi connectivity index (χ0) is 13.6. The van der Waals surface area contributed by atoms with Crippen LogP contribution in [0.4, 0.5) is 0 Å². The summed E-state index contributed by atoms with van der Waals surface area (Å²) >= 11 is 0. The van der Waals surface area contributed by atoms with Crippen molar-refractivity contribution in [1.82, 2.24) is 15.1 Å². The molecule has 1 aromatic heterocycles. The van der Waals surface area contributed by atoms with Crippen molar-refractivity contribution in [3.63, 3.8) is 0 Å². The Hall–Kier alpha value is -2.37. The van der Waals surface area contributed by atoms with E-state index in [9.17, 15) is 9.59 Å². The second-order valence-corrected chi connectivity index (χ2v) is 4.83. The van der Waals surface area contributed by atoms with Crippen molar-refractivity contribution in [3.05, 3.63) is 30.0 Å². The Balaban J connectivity index is 1.97. The number of nitrogens with zero attached hydrogens (tertiary/aromatic N) is 2. The number of carboxylic acid groups (broad SMARTS) is 1. The summed E-state index contributed by atoms with van der Waals surface area (Å²) in [4.78, 5) is 23.3. The molecule has 1 aromatic carbocycles. The molecule has 0 unspecified atom stereocenters. The number of carboxylic acids is 1. The molecule has 0 aliphatic heterocycles. The zero-order valence-corrected chi connectivity index (χ0v) is 10.4. The SMILES string of the molecule is Cn1nc(C(=O)NC2(C(=O)O)CC2)c2ccccc21. The number of amides is 1. The first-order valence-electron chi connectivity index (χ1n) is 6.01. The van der Waals surface area contributed by atoms with Gasteiger partial charge in [0.1, 0.15) is 5.54 Å². The fourth-order valence-electron chi connectivity index (χ4n) is 2.18. The molecule has 98 valence electrons. The molecule has 19 heavy (non-hydrogen) atoms. The summed E-state index contributed by atoms with van der Waals surface area (Å²) in [5, 5.41) is 16.6. The van der Waals surface area contributed by atoms with E-state index in [1.165, 1.54) is 0 Å². The fraction of sp³-hybridized carbons (Fsp3) is 0.308. The topological polar surface area (TPSA) is 84.2 Å². The molecule has 1 fully saturated rings. The van der Waals surface area contributed by atoms with Gasteiger partial charge in [-0.2, -0.15) is 5.10 Å². The highest BCUT2D eigenvalue weighted by Crippen LogP contribution is 2.36. The van der Waals surface area contributed by atoms with E-state index >= 15 is 0 Å². The van der Waals surface area contributed by atoms with E-state index in [0.717, 1.165) is 10.9 Å². The van der Waals surface area contributed by atoms with Crippen LogP contribution < -0.4 is 5.32 Å². The summed E-state index contributed by atoms with van der Waals surface area (Å²) in [6, 6.07) is 7.36. The molecule has 1 saturated carbocycles. The fourth-order valence-corrected chi connectivity index (χ4v) is 2.18. The van der Waals surface area contributed by atoms with Crippen molar-refractivity contribution in [2.45, 2.75) is 18.4 Å². The Kier molecular flexibility index (Phi) is 2.35. The van der Waals surface area contributed by atoms with Crippen LogP contribution in [0.25, 0.3) is 10.9 Å². The van der Waals surface area contributed by atoms with Gasteiger partial charge < -0.3 is 10.4 Å². The smallest absolute Gasteiger partial charge is 0.329 e. The molecular weight excluding hydrogens is 246 g/mol. The maximum atomic E-state index is 12.2. The van der Waals surface area contributed by atoms with Crippen molar-refractivity contribution < 1.29 is 14.7 Å². The van der Waals surface area contributed by atoms with Crippen molar-refractivity contribution in [2.75, 3.05) is 0 Å². The second kappa shape index (κ2) is 3.81. The molecule has 0 bridgehead atoms. The molecule has 1 aliphatic carbocycles. The Labute approximate surface area is 109 Å². The van der Waals surface area contributed by atoms with Crippen LogP contribution in [0.2, 0.25) is 0 Å². The van der Waals surface area contributed by atoms with E-state index in [1.807, 2.05) is 18.2 Å². The largest absolute Gasteiger partial charge is 0.480 e. The number of aryl methyl sites for hydroxylation is 1. The molecule has 2 aromatic rings. The molecule has 2 N–H and O–H groups in total. The van der Waals surface area contributed by atoms with Gasteiger partial charge in [-0.25, -0.2) is 4.79 Å². The minimum Gasteiger partial charge on any atom is -0.480 e. The molecule has 0 saturated heterocycles. The number of carbonyl (C=O) groups is 2. The predicted molar refractivity (Wildman–Crippen MR) is 67.8 cm³/mol. The lowest BCUT2D eigenvalue weighted by atomic mass is 10.2. The highest BCUT2D eigenvalue weighted by molar-refractivity contribution is 6.06. The number of rotatable bonds is 3. The number of para-hydroxylation sites is 1. The third-order valence-corrected chi connectivity index (χ3v) is 3.49. The lowest BCUT2D eigenvalue weighted by Gasteiger charge is -2.10. The van der Waals surface area contributed by atoms with Gasteiger partial charge in [0.25, 0.3) is 5.91 Å². The van der Waals surface area contributed by atoms with Crippen molar-refractivity contribution in [1.29, 1.82) is 0 Å². The molecule has 0 spiro atoms. The summed E-state index contributed by atoms with van der Waals surface area (Å²) in [6.45, 7) is 0. The van der Waals surface area contributed by atoms with Gasteiger partial charge in [-0.05, 0) is 18.9 Å². The quantitative estimate of drug-likeness (QED) is 0.858. The Morgan fingerprint density at radius 1 is 1.37 bits per heavy atom. The Morgan fingerprint density at radius 3 is 2.68 bits per heavy atom. The molecular formula is C13H13N3O3. The van der Waals surface area contributed by atoms with Crippen LogP contribution in [0.1, 0.15) is 23.3 Å². The van der Waals surface area contributed by atoms with Crippen LogP contribution in [0.15, 0.2) is 24.3 Å². The average Bonchev–Trinajstić information content (AvgIpc) is 3.09. The van der Waals surface area contributed by atoms with E-state index in [1.54, 1.807) is 17.8 Å². The number of fused-ring (bicyclic) bond motifs is 1. The number of hydrogen-bond donors (Lipinski definition) is 2. The summed E-state index contributed by atoms with van der Waals surface area (Å²) in [5.41, 5.74) is 0.0221. The van der Waals surface area contributed by atoms with Crippen LogP contribution in [0, 0.1) is 0 Å². The first-order valence-corrected chi connectivity index (χ1v) is 6.01.